The van der Waals surface area contributed by atoms with Crippen molar-refractivity contribution in [3.05, 3.63) is 35.9 Å². The maximum atomic E-state index is 11.0. The first-order valence-corrected chi connectivity index (χ1v) is 7.70. The molecule has 0 saturated heterocycles. The van der Waals surface area contributed by atoms with Gasteiger partial charge >= 0.3 is 5.97 Å². The van der Waals surface area contributed by atoms with E-state index in [0.717, 1.165) is 11.8 Å². The van der Waals surface area contributed by atoms with Crippen molar-refractivity contribution in [1.29, 1.82) is 0 Å². The fourth-order valence-electron chi connectivity index (χ4n) is 1.57. The molecule has 0 radical (unpaired) electrons. The van der Waals surface area contributed by atoms with Gasteiger partial charge in [-0.15, -0.1) is 0 Å². The Bertz CT molecular complexity index is 495. The molecule has 1 rings (SSSR count). The first-order valence-electron chi connectivity index (χ1n) is 5.88. The van der Waals surface area contributed by atoms with Gasteiger partial charge in [-0.2, -0.15) is 8.42 Å². The number of hydrogen-bond donors (Lipinski definition) is 0. The van der Waals surface area contributed by atoms with Crippen LogP contribution in [0.4, 0.5) is 0 Å². The van der Waals surface area contributed by atoms with Crippen molar-refractivity contribution in [2.75, 3.05) is 19.5 Å². The van der Waals surface area contributed by atoms with E-state index >= 15 is 0 Å². The average molecular weight is 286 g/mol. The zero-order valence-corrected chi connectivity index (χ0v) is 11.9. The van der Waals surface area contributed by atoms with Crippen LogP contribution >= 0.6 is 0 Å². The molecule has 1 unspecified atom stereocenters. The topological polar surface area (TPSA) is 69.7 Å². The molecular weight excluding hydrogens is 268 g/mol. The number of hydrogen-bond acceptors (Lipinski definition) is 5. The van der Waals surface area contributed by atoms with E-state index in [0.29, 0.717) is 6.42 Å². The second kappa shape index (κ2) is 7.25. The second-order valence-corrected chi connectivity index (χ2v) is 5.99. The summed E-state index contributed by atoms with van der Waals surface area (Å²) in [4.78, 5) is 10.8. The molecule has 0 bridgehead atoms. The lowest BCUT2D eigenvalue weighted by molar-refractivity contribution is -0.142. The quantitative estimate of drug-likeness (QED) is 0.559. The Labute approximate surface area is 113 Å². The molecule has 19 heavy (non-hydrogen) atoms. The molecule has 0 aliphatic rings. The second-order valence-electron chi connectivity index (χ2n) is 4.35. The summed E-state index contributed by atoms with van der Waals surface area (Å²) in [7, 11) is -3.49. The van der Waals surface area contributed by atoms with Gasteiger partial charge in [0.1, 0.15) is 0 Å². The Hall–Kier alpha value is -1.40. The molecule has 6 heteroatoms. The van der Waals surface area contributed by atoms with E-state index in [1.54, 1.807) is 0 Å². The van der Waals surface area contributed by atoms with Crippen LogP contribution in [-0.4, -0.2) is 33.9 Å². The molecule has 0 aliphatic heterocycles. The fourth-order valence-corrected chi connectivity index (χ4v) is 2.01. The average Bonchev–Trinajstić information content (AvgIpc) is 2.33. The molecule has 106 valence electrons. The Morgan fingerprint density at radius 3 is 2.37 bits per heavy atom. The highest BCUT2D eigenvalue weighted by Crippen LogP contribution is 2.11. The minimum atomic E-state index is -3.49. The van der Waals surface area contributed by atoms with Crippen LogP contribution in [0.1, 0.15) is 12.5 Å². The zero-order chi connectivity index (χ0) is 14.3. The molecule has 0 saturated carbocycles. The van der Waals surface area contributed by atoms with Crippen molar-refractivity contribution in [3.8, 4) is 0 Å². The highest BCUT2D eigenvalue weighted by molar-refractivity contribution is 7.85. The largest absolute Gasteiger partial charge is 0.465 e. The van der Waals surface area contributed by atoms with E-state index in [1.807, 2.05) is 30.3 Å². The van der Waals surface area contributed by atoms with Gasteiger partial charge in [0.15, 0.2) is 0 Å². The van der Waals surface area contributed by atoms with Crippen LogP contribution in [-0.2, 0) is 30.3 Å². The third-order valence-corrected chi connectivity index (χ3v) is 2.97. The van der Waals surface area contributed by atoms with Gasteiger partial charge in [0.05, 0.1) is 19.5 Å². The molecule has 0 fully saturated rings. The molecule has 1 aromatic carbocycles. The van der Waals surface area contributed by atoms with Crippen LogP contribution in [0.25, 0.3) is 0 Å². The van der Waals surface area contributed by atoms with Crippen molar-refractivity contribution < 1.29 is 22.1 Å². The number of benzene rings is 1. The van der Waals surface area contributed by atoms with Crippen LogP contribution in [0, 0.1) is 5.92 Å². The summed E-state index contributed by atoms with van der Waals surface area (Å²) in [5.74, 6) is -0.585. The summed E-state index contributed by atoms with van der Waals surface area (Å²) in [5, 5.41) is 0. The normalized spacial score (nSPS) is 12.9. The fraction of sp³-hybridized carbons (Fsp3) is 0.462. The molecule has 1 aromatic rings. The van der Waals surface area contributed by atoms with Gasteiger partial charge in [-0.25, -0.2) is 0 Å². The van der Waals surface area contributed by atoms with Gasteiger partial charge in [-0.05, 0) is 12.0 Å². The third-order valence-electron chi connectivity index (χ3n) is 2.41. The summed E-state index contributed by atoms with van der Waals surface area (Å²) >= 11 is 0. The highest BCUT2D eigenvalue weighted by atomic mass is 32.2. The summed E-state index contributed by atoms with van der Waals surface area (Å²) in [6.07, 6.45) is 1.59. The maximum absolute atomic E-state index is 11.0. The number of ether oxygens (including phenoxy) is 1. The Morgan fingerprint density at radius 1 is 1.21 bits per heavy atom. The first-order chi connectivity index (χ1) is 8.87. The smallest absolute Gasteiger partial charge is 0.302 e. The molecule has 0 aliphatic carbocycles. The van der Waals surface area contributed by atoms with Crippen LogP contribution in [0.2, 0.25) is 0 Å². The summed E-state index contributed by atoms with van der Waals surface area (Å²) in [6.45, 7) is 1.46. The van der Waals surface area contributed by atoms with Crippen LogP contribution < -0.4 is 0 Å². The number of esters is 1. The predicted octanol–water partition coefficient (Wildman–Crippen LogP) is 1.38. The standard InChI is InChI=1S/C13H18O5S/c1-11(14)17-9-13(10-18-19(2,15)16)8-12-6-4-3-5-7-12/h3-7,13H,8-10H2,1-2H3. The highest BCUT2D eigenvalue weighted by Gasteiger charge is 2.15. The Morgan fingerprint density at radius 2 is 1.84 bits per heavy atom. The first kappa shape index (κ1) is 15.7. The molecule has 1 atom stereocenters. The SMILES string of the molecule is CC(=O)OCC(COS(C)(=O)=O)Cc1ccccc1. The number of carbonyl (C=O) groups excluding carboxylic acids is 1. The Kier molecular flexibility index (Phi) is 5.98. The number of rotatable bonds is 7. The van der Waals surface area contributed by atoms with Crippen LogP contribution in [0.3, 0.4) is 0 Å². The molecule has 0 spiro atoms. The maximum Gasteiger partial charge on any atom is 0.302 e. The molecule has 5 nitrogen and oxygen atoms in total. The van der Waals surface area contributed by atoms with Crippen LogP contribution in [0.5, 0.6) is 0 Å². The lowest BCUT2D eigenvalue weighted by Crippen LogP contribution is -2.22. The van der Waals surface area contributed by atoms with E-state index in [9.17, 15) is 13.2 Å². The minimum Gasteiger partial charge on any atom is -0.465 e. The van der Waals surface area contributed by atoms with Gasteiger partial charge in [-0.3, -0.25) is 8.98 Å². The van der Waals surface area contributed by atoms with Gasteiger partial charge in [-0.1, -0.05) is 30.3 Å². The minimum absolute atomic E-state index is 0.001000. The van der Waals surface area contributed by atoms with E-state index < -0.39 is 16.1 Å². The van der Waals surface area contributed by atoms with Crippen molar-refractivity contribution >= 4 is 16.1 Å². The number of carbonyl (C=O) groups is 1. The summed E-state index contributed by atoms with van der Waals surface area (Å²) in [5.41, 5.74) is 1.04. The molecule has 0 N–H and O–H groups in total. The van der Waals surface area contributed by atoms with E-state index in [-0.39, 0.29) is 19.1 Å². The summed E-state index contributed by atoms with van der Waals surface area (Å²) < 4.78 is 31.7. The van der Waals surface area contributed by atoms with Gasteiger partial charge in [0, 0.05) is 12.8 Å². The van der Waals surface area contributed by atoms with E-state index in [2.05, 4.69) is 0 Å². The van der Waals surface area contributed by atoms with Gasteiger partial charge < -0.3 is 4.74 Å². The van der Waals surface area contributed by atoms with Crippen molar-refractivity contribution in [2.45, 2.75) is 13.3 Å². The van der Waals surface area contributed by atoms with E-state index in [4.69, 9.17) is 8.92 Å². The third kappa shape index (κ3) is 7.58. The monoisotopic (exact) mass is 286 g/mol. The van der Waals surface area contributed by atoms with Gasteiger partial charge in [0.2, 0.25) is 0 Å². The van der Waals surface area contributed by atoms with Crippen molar-refractivity contribution in [3.63, 3.8) is 0 Å². The van der Waals surface area contributed by atoms with Crippen molar-refractivity contribution in [1.82, 2.24) is 0 Å². The Balaban J connectivity index is 2.60. The van der Waals surface area contributed by atoms with Crippen LogP contribution in [0.15, 0.2) is 30.3 Å². The molecule has 0 amide bonds. The lowest BCUT2D eigenvalue weighted by Gasteiger charge is -2.16. The lowest BCUT2D eigenvalue weighted by atomic mass is 10.0. The molecule has 0 heterocycles. The van der Waals surface area contributed by atoms with Gasteiger partial charge in [0.25, 0.3) is 10.1 Å². The zero-order valence-electron chi connectivity index (χ0n) is 11.0. The molecule has 0 aromatic heterocycles. The molecular formula is C13H18O5S. The van der Waals surface area contributed by atoms with E-state index in [1.165, 1.54) is 6.92 Å². The summed E-state index contributed by atoms with van der Waals surface area (Å²) in [6, 6.07) is 9.56. The van der Waals surface area contributed by atoms with Crippen molar-refractivity contribution in [2.24, 2.45) is 5.92 Å². The predicted molar refractivity (Wildman–Crippen MR) is 71.1 cm³/mol.